The Bertz CT molecular complexity index is 432. The highest BCUT2D eigenvalue weighted by Crippen LogP contribution is 2.27. The Balaban J connectivity index is 2.90. The molecule has 1 N–H and O–H groups in total. The maximum Gasteiger partial charge on any atom is 0.338 e. The topological polar surface area (TPSA) is 50.2 Å². The summed E-state index contributed by atoms with van der Waals surface area (Å²) in [6.45, 7) is 8.09. The molecule has 0 bridgehead atoms. The molecule has 1 aromatic rings. The minimum Gasteiger partial charge on any atom is -0.478 e. The van der Waals surface area contributed by atoms with E-state index in [1.807, 2.05) is 19.9 Å². The number of carboxylic acids is 1. The Hall–Kier alpha value is -1.03. The zero-order valence-electron chi connectivity index (χ0n) is 11.5. The van der Waals surface area contributed by atoms with Gasteiger partial charge >= 0.3 is 5.97 Å². The average Bonchev–Trinajstić information content (AvgIpc) is 2.25. The quantitative estimate of drug-likeness (QED) is 0.793. The van der Waals surface area contributed by atoms with Gasteiger partial charge < -0.3 is 5.11 Å². The molecule has 0 radical (unpaired) electrons. The highest BCUT2D eigenvalue weighted by Gasteiger charge is 2.16. The maximum absolute atomic E-state index is 11.3. The molecule has 0 saturated heterocycles. The van der Waals surface area contributed by atoms with Crippen molar-refractivity contribution >= 4 is 17.7 Å². The Morgan fingerprint density at radius 2 is 2.17 bits per heavy atom. The van der Waals surface area contributed by atoms with Gasteiger partial charge in [0.15, 0.2) is 0 Å². The van der Waals surface area contributed by atoms with Gasteiger partial charge in [-0.15, -0.1) is 11.8 Å². The van der Waals surface area contributed by atoms with Crippen LogP contribution in [0.5, 0.6) is 0 Å². The molecular weight excluding hydrogens is 246 g/mol. The van der Waals surface area contributed by atoms with Crippen molar-refractivity contribution in [2.45, 2.75) is 45.6 Å². The van der Waals surface area contributed by atoms with Gasteiger partial charge in [-0.05, 0) is 31.4 Å². The van der Waals surface area contributed by atoms with E-state index in [1.165, 1.54) is 6.42 Å². The van der Waals surface area contributed by atoms with Crippen molar-refractivity contribution < 1.29 is 9.90 Å². The number of rotatable bonds is 6. The second-order valence-electron chi connectivity index (χ2n) is 4.77. The average molecular weight is 267 g/mol. The van der Waals surface area contributed by atoms with Crippen LogP contribution < -0.4 is 0 Å². The number of aromatic carboxylic acids is 1. The Labute approximate surface area is 113 Å². The van der Waals surface area contributed by atoms with Crippen LogP contribution in [0.3, 0.4) is 0 Å². The second kappa shape index (κ2) is 6.78. The normalized spacial score (nSPS) is 12.4. The first kappa shape index (κ1) is 15.0. The number of pyridine rings is 1. The molecule has 1 rings (SSSR count). The number of thioether (sulfide) groups is 1. The Morgan fingerprint density at radius 3 is 2.72 bits per heavy atom. The molecule has 1 heterocycles. The first-order valence-corrected chi connectivity index (χ1v) is 7.28. The van der Waals surface area contributed by atoms with Crippen LogP contribution in [0.25, 0.3) is 0 Å². The highest BCUT2D eigenvalue weighted by atomic mass is 32.2. The van der Waals surface area contributed by atoms with E-state index >= 15 is 0 Å². The van der Waals surface area contributed by atoms with Crippen LogP contribution in [-0.4, -0.2) is 21.8 Å². The van der Waals surface area contributed by atoms with Gasteiger partial charge in [0.2, 0.25) is 0 Å². The molecule has 1 atom stereocenters. The van der Waals surface area contributed by atoms with Crippen molar-refractivity contribution in [2.75, 3.05) is 5.75 Å². The monoisotopic (exact) mass is 267 g/mol. The van der Waals surface area contributed by atoms with Gasteiger partial charge in [0.1, 0.15) is 5.03 Å². The molecule has 100 valence electrons. The van der Waals surface area contributed by atoms with Gasteiger partial charge in [0.25, 0.3) is 0 Å². The number of hydrogen-bond donors (Lipinski definition) is 1. The number of aromatic nitrogens is 1. The predicted octanol–water partition coefficient (Wildman–Crippen LogP) is 3.92. The van der Waals surface area contributed by atoms with E-state index in [0.717, 1.165) is 23.4 Å². The lowest BCUT2D eigenvalue weighted by molar-refractivity contribution is 0.0691. The summed E-state index contributed by atoms with van der Waals surface area (Å²) in [6, 6.07) is 1.82. The molecule has 0 amide bonds. The number of aryl methyl sites for hydroxylation is 2. The van der Waals surface area contributed by atoms with E-state index in [2.05, 4.69) is 18.8 Å². The molecule has 0 aromatic carbocycles. The molecule has 3 nitrogen and oxygen atoms in total. The number of carboxylic acid groups (broad SMARTS) is 1. The molecule has 1 unspecified atom stereocenters. The molecule has 4 heteroatoms. The van der Waals surface area contributed by atoms with Crippen LogP contribution in [0.4, 0.5) is 0 Å². The lowest BCUT2D eigenvalue weighted by atomic mass is 10.1. The van der Waals surface area contributed by atoms with E-state index in [9.17, 15) is 9.90 Å². The van der Waals surface area contributed by atoms with Gasteiger partial charge in [0.05, 0.1) is 5.56 Å². The summed E-state index contributed by atoms with van der Waals surface area (Å²) in [5.74, 6) is 0.624. The Morgan fingerprint density at radius 1 is 1.50 bits per heavy atom. The molecule has 0 aliphatic heterocycles. The molecule has 0 aliphatic carbocycles. The Kier molecular flexibility index (Phi) is 5.66. The fraction of sp³-hybridized carbons (Fsp3) is 0.571. The van der Waals surface area contributed by atoms with Crippen molar-refractivity contribution in [1.29, 1.82) is 0 Å². The third kappa shape index (κ3) is 4.02. The number of nitrogens with zero attached hydrogens (tertiary/aromatic N) is 1. The van der Waals surface area contributed by atoms with Gasteiger partial charge in [-0.1, -0.05) is 26.7 Å². The van der Waals surface area contributed by atoms with Gasteiger partial charge in [-0.3, -0.25) is 0 Å². The summed E-state index contributed by atoms with van der Waals surface area (Å²) in [4.78, 5) is 15.6. The van der Waals surface area contributed by atoms with Crippen molar-refractivity contribution in [1.82, 2.24) is 4.98 Å². The molecule has 0 fully saturated rings. The summed E-state index contributed by atoms with van der Waals surface area (Å²) >= 11 is 1.56. The summed E-state index contributed by atoms with van der Waals surface area (Å²) in [5, 5.41) is 9.91. The van der Waals surface area contributed by atoms with Crippen LogP contribution in [0.1, 0.15) is 48.3 Å². The molecule has 0 saturated carbocycles. The van der Waals surface area contributed by atoms with E-state index in [0.29, 0.717) is 16.5 Å². The molecular formula is C14H21NO2S. The molecule has 1 aromatic heterocycles. The minimum absolute atomic E-state index is 0.356. The fourth-order valence-electron chi connectivity index (χ4n) is 1.96. The van der Waals surface area contributed by atoms with Crippen LogP contribution in [0, 0.1) is 19.8 Å². The summed E-state index contributed by atoms with van der Waals surface area (Å²) in [5.41, 5.74) is 2.03. The largest absolute Gasteiger partial charge is 0.478 e. The van der Waals surface area contributed by atoms with Crippen molar-refractivity contribution in [3.05, 3.63) is 22.9 Å². The molecule has 0 aliphatic rings. The molecule has 0 spiro atoms. The first-order chi connectivity index (χ1) is 8.45. The van der Waals surface area contributed by atoms with Gasteiger partial charge in [-0.25, -0.2) is 9.78 Å². The predicted molar refractivity (Wildman–Crippen MR) is 75.5 cm³/mol. The van der Waals surface area contributed by atoms with Crippen LogP contribution >= 0.6 is 11.8 Å². The maximum atomic E-state index is 11.3. The standard InChI is InChI=1S/C14H21NO2S/c1-5-6-9(2)8-18-13-12(14(16)17)10(3)7-11(4)15-13/h7,9H,5-6,8H2,1-4H3,(H,16,17). The lowest BCUT2D eigenvalue weighted by Crippen LogP contribution is -2.07. The van der Waals surface area contributed by atoms with E-state index in [-0.39, 0.29) is 0 Å². The van der Waals surface area contributed by atoms with Crippen LogP contribution in [0.2, 0.25) is 0 Å². The lowest BCUT2D eigenvalue weighted by Gasteiger charge is -2.12. The van der Waals surface area contributed by atoms with Crippen molar-refractivity contribution in [3.8, 4) is 0 Å². The van der Waals surface area contributed by atoms with E-state index < -0.39 is 5.97 Å². The highest BCUT2D eigenvalue weighted by molar-refractivity contribution is 7.99. The number of hydrogen-bond acceptors (Lipinski definition) is 3. The van der Waals surface area contributed by atoms with Gasteiger partial charge in [-0.2, -0.15) is 0 Å². The fourth-order valence-corrected chi connectivity index (χ4v) is 3.17. The van der Waals surface area contributed by atoms with Crippen molar-refractivity contribution in [2.24, 2.45) is 5.92 Å². The summed E-state index contributed by atoms with van der Waals surface area (Å²) < 4.78 is 0. The second-order valence-corrected chi connectivity index (χ2v) is 5.78. The summed E-state index contributed by atoms with van der Waals surface area (Å²) in [6.07, 6.45) is 2.33. The summed E-state index contributed by atoms with van der Waals surface area (Å²) in [7, 11) is 0. The third-order valence-corrected chi connectivity index (χ3v) is 4.12. The minimum atomic E-state index is -0.884. The first-order valence-electron chi connectivity index (χ1n) is 6.30. The number of carbonyl (C=O) groups is 1. The SMILES string of the molecule is CCCC(C)CSc1nc(C)cc(C)c1C(=O)O. The van der Waals surface area contributed by atoms with Crippen LogP contribution in [-0.2, 0) is 0 Å². The van der Waals surface area contributed by atoms with E-state index in [4.69, 9.17) is 0 Å². The zero-order chi connectivity index (χ0) is 13.7. The smallest absolute Gasteiger partial charge is 0.338 e. The van der Waals surface area contributed by atoms with Crippen LogP contribution in [0.15, 0.2) is 11.1 Å². The van der Waals surface area contributed by atoms with Gasteiger partial charge in [0, 0.05) is 11.4 Å². The zero-order valence-corrected chi connectivity index (χ0v) is 12.3. The van der Waals surface area contributed by atoms with Crippen molar-refractivity contribution in [3.63, 3.8) is 0 Å². The van der Waals surface area contributed by atoms with E-state index in [1.54, 1.807) is 11.8 Å². The third-order valence-electron chi connectivity index (χ3n) is 2.81. The molecule has 18 heavy (non-hydrogen) atoms.